The SMILES string of the molecule is CC1(C(=O)Cc2cc(F)ccc2Br)CCNC1. The van der Waals surface area contributed by atoms with Crippen molar-refractivity contribution in [2.45, 2.75) is 19.8 Å². The third kappa shape index (κ3) is 2.75. The molecule has 4 heteroatoms. The van der Waals surface area contributed by atoms with Crippen LogP contribution in [0.4, 0.5) is 4.39 Å². The highest BCUT2D eigenvalue weighted by molar-refractivity contribution is 9.10. The molecule has 1 aliphatic heterocycles. The van der Waals surface area contributed by atoms with Gasteiger partial charge in [-0.25, -0.2) is 4.39 Å². The Balaban J connectivity index is 2.15. The average Bonchev–Trinajstić information content (AvgIpc) is 2.72. The Hall–Kier alpha value is -0.740. The first-order valence-corrected chi connectivity index (χ1v) is 6.48. The van der Waals surface area contributed by atoms with Crippen molar-refractivity contribution in [2.75, 3.05) is 13.1 Å². The smallest absolute Gasteiger partial charge is 0.144 e. The largest absolute Gasteiger partial charge is 0.316 e. The Morgan fingerprint density at radius 3 is 3.00 bits per heavy atom. The molecular weight excluding hydrogens is 285 g/mol. The molecule has 1 fully saturated rings. The molecule has 2 nitrogen and oxygen atoms in total. The van der Waals surface area contributed by atoms with Crippen molar-refractivity contribution in [3.05, 3.63) is 34.1 Å². The number of carbonyl (C=O) groups is 1. The number of Topliss-reactive ketones (excluding diaryl/α,β-unsaturated/α-hetero) is 1. The van der Waals surface area contributed by atoms with E-state index in [1.54, 1.807) is 6.07 Å². The number of rotatable bonds is 3. The Morgan fingerprint density at radius 1 is 1.59 bits per heavy atom. The molecule has 1 aliphatic rings. The van der Waals surface area contributed by atoms with E-state index < -0.39 is 0 Å². The predicted molar refractivity (Wildman–Crippen MR) is 68.4 cm³/mol. The van der Waals surface area contributed by atoms with Gasteiger partial charge in [-0.05, 0) is 36.7 Å². The van der Waals surface area contributed by atoms with E-state index in [0.29, 0.717) is 0 Å². The summed E-state index contributed by atoms with van der Waals surface area (Å²) in [6, 6.07) is 4.46. The number of benzene rings is 1. The van der Waals surface area contributed by atoms with Crippen molar-refractivity contribution in [1.82, 2.24) is 5.32 Å². The van der Waals surface area contributed by atoms with Crippen LogP contribution in [0.5, 0.6) is 0 Å². The maximum Gasteiger partial charge on any atom is 0.144 e. The van der Waals surface area contributed by atoms with Gasteiger partial charge in [0.15, 0.2) is 0 Å². The summed E-state index contributed by atoms with van der Waals surface area (Å²) in [6.45, 7) is 3.58. The third-order valence-corrected chi connectivity index (χ3v) is 4.17. The van der Waals surface area contributed by atoms with Gasteiger partial charge in [0, 0.05) is 22.9 Å². The molecule has 0 radical (unpaired) electrons. The highest BCUT2D eigenvalue weighted by Crippen LogP contribution is 2.29. The van der Waals surface area contributed by atoms with Gasteiger partial charge in [0.25, 0.3) is 0 Å². The summed E-state index contributed by atoms with van der Waals surface area (Å²) >= 11 is 3.35. The Kier molecular flexibility index (Phi) is 3.64. The highest BCUT2D eigenvalue weighted by Gasteiger charge is 2.35. The fraction of sp³-hybridized carbons (Fsp3) is 0.462. The lowest BCUT2D eigenvalue weighted by atomic mass is 9.82. The first-order valence-electron chi connectivity index (χ1n) is 5.69. The van der Waals surface area contributed by atoms with Crippen molar-refractivity contribution in [1.29, 1.82) is 0 Å². The maximum atomic E-state index is 13.1. The van der Waals surface area contributed by atoms with E-state index in [0.717, 1.165) is 29.5 Å². The van der Waals surface area contributed by atoms with Crippen LogP contribution >= 0.6 is 15.9 Å². The standard InChI is InChI=1S/C13H15BrFNO/c1-13(4-5-16-8-13)12(17)7-9-6-10(15)2-3-11(9)14/h2-3,6,16H,4-5,7-8H2,1H3. The summed E-state index contributed by atoms with van der Waals surface area (Å²) in [4.78, 5) is 12.2. The molecule has 1 N–H and O–H groups in total. The van der Waals surface area contributed by atoms with Crippen LogP contribution in [0.3, 0.4) is 0 Å². The van der Waals surface area contributed by atoms with Gasteiger partial charge in [0.1, 0.15) is 11.6 Å². The molecule has 2 rings (SSSR count). The maximum absolute atomic E-state index is 13.1. The van der Waals surface area contributed by atoms with Crippen molar-refractivity contribution in [3.63, 3.8) is 0 Å². The quantitative estimate of drug-likeness (QED) is 0.930. The molecule has 0 bridgehead atoms. The monoisotopic (exact) mass is 299 g/mol. The topological polar surface area (TPSA) is 29.1 Å². The van der Waals surface area contributed by atoms with Gasteiger partial charge < -0.3 is 5.32 Å². The van der Waals surface area contributed by atoms with Gasteiger partial charge in [-0.15, -0.1) is 0 Å². The number of halogens is 2. The van der Waals surface area contributed by atoms with E-state index in [-0.39, 0.29) is 23.4 Å². The van der Waals surface area contributed by atoms with Crippen LogP contribution in [0.2, 0.25) is 0 Å². The van der Waals surface area contributed by atoms with Gasteiger partial charge in [0.2, 0.25) is 0 Å². The molecule has 1 aromatic rings. The highest BCUT2D eigenvalue weighted by atomic mass is 79.9. The van der Waals surface area contributed by atoms with Crippen LogP contribution in [-0.2, 0) is 11.2 Å². The molecule has 1 aromatic carbocycles. The Bertz CT molecular complexity index is 441. The van der Waals surface area contributed by atoms with Crippen LogP contribution in [0.25, 0.3) is 0 Å². The van der Waals surface area contributed by atoms with Gasteiger partial charge in [-0.2, -0.15) is 0 Å². The lowest BCUT2D eigenvalue weighted by molar-refractivity contribution is -0.126. The van der Waals surface area contributed by atoms with Crippen LogP contribution in [0.15, 0.2) is 22.7 Å². The molecule has 1 saturated heterocycles. The van der Waals surface area contributed by atoms with Crippen LogP contribution in [-0.4, -0.2) is 18.9 Å². The second-order valence-corrected chi connectivity index (χ2v) is 5.68. The molecule has 0 spiro atoms. The Labute approximate surface area is 109 Å². The minimum atomic E-state index is -0.300. The number of hydrogen-bond donors (Lipinski definition) is 1. The zero-order valence-corrected chi connectivity index (χ0v) is 11.3. The molecule has 0 aliphatic carbocycles. The summed E-state index contributed by atoms with van der Waals surface area (Å²) in [7, 11) is 0. The average molecular weight is 300 g/mol. The minimum absolute atomic E-state index is 0.175. The summed E-state index contributed by atoms with van der Waals surface area (Å²) in [5.41, 5.74) is 0.425. The van der Waals surface area contributed by atoms with E-state index in [2.05, 4.69) is 21.2 Å². The number of carbonyl (C=O) groups excluding carboxylic acids is 1. The Morgan fingerprint density at radius 2 is 2.35 bits per heavy atom. The molecule has 0 saturated carbocycles. The fourth-order valence-corrected chi connectivity index (χ4v) is 2.51. The van der Waals surface area contributed by atoms with E-state index in [9.17, 15) is 9.18 Å². The van der Waals surface area contributed by atoms with E-state index in [1.807, 2.05) is 6.92 Å². The summed E-state index contributed by atoms with van der Waals surface area (Å²) < 4.78 is 13.9. The van der Waals surface area contributed by atoms with Crippen molar-refractivity contribution in [3.8, 4) is 0 Å². The van der Waals surface area contributed by atoms with Crippen molar-refractivity contribution in [2.24, 2.45) is 5.41 Å². The fourth-order valence-electron chi connectivity index (χ4n) is 2.12. The zero-order valence-electron chi connectivity index (χ0n) is 9.72. The molecule has 1 heterocycles. The van der Waals surface area contributed by atoms with Gasteiger partial charge in [-0.3, -0.25) is 4.79 Å². The van der Waals surface area contributed by atoms with Crippen LogP contribution in [0.1, 0.15) is 18.9 Å². The van der Waals surface area contributed by atoms with Crippen molar-refractivity contribution < 1.29 is 9.18 Å². The number of hydrogen-bond acceptors (Lipinski definition) is 2. The molecule has 0 aromatic heterocycles. The zero-order chi connectivity index (χ0) is 12.5. The second kappa shape index (κ2) is 4.86. The van der Waals surface area contributed by atoms with E-state index >= 15 is 0 Å². The lowest BCUT2D eigenvalue weighted by Crippen LogP contribution is -2.31. The lowest BCUT2D eigenvalue weighted by Gasteiger charge is -2.21. The summed E-state index contributed by atoms with van der Waals surface area (Å²) in [6.07, 6.45) is 1.15. The van der Waals surface area contributed by atoms with Crippen LogP contribution < -0.4 is 5.32 Å². The first kappa shape index (κ1) is 12.7. The minimum Gasteiger partial charge on any atom is -0.316 e. The van der Waals surface area contributed by atoms with Crippen molar-refractivity contribution >= 4 is 21.7 Å². The normalized spacial score (nSPS) is 23.9. The van der Waals surface area contributed by atoms with E-state index in [1.165, 1.54) is 12.1 Å². The van der Waals surface area contributed by atoms with E-state index in [4.69, 9.17) is 0 Å². The number of nitrogens with one attached hydrogen (secondary N) is 1. The first-order chi connectivity index (χ1) is 8.01. The van der Waals surface area contributed by atoms with Gasteiger partial charge in [-0.1, -0.05) is 22.9 Å². The molecule has 1 atom stereocenters. The molecule has 1 unspecified atom stereocenters. The number of ketones is 1. The van der Waals surface area contributed by atoms with Crippen LogP contribution in [0, 0.1) is 11.2 Å². The van der Waals surface area contributed by atoms with Gasteiger partial charge in [0.05, 0.1) is 0 Å². The summed E-state index contributed by atoms with van der Waals surface area (Å²) in [5, 5.41) is 3.20. The molecular formula is C13H15BrFNO. The molecule has 17 heavy (non-hydrogen) atoms. The second-order valence-electron chi connectivity index (χ2n) is 4.82. The predicted octanol–water partition coefficient (Wildman–Crippen LogP) is 2.70. The summed E-state index contributed by atoms with van der Waals surface area (Å²) in [5.74, 6) is -0.125. The third-order valence-electron chi connectivity index (χ3n) is 3.40. The van der Waals surface area contributed by atoms with Gasteiger partial charge >= 0.3 is 0 Å². The molecule has 92 valence electrons. The molecule has 0 amide bonds.